The number of pyridine rings is 1. The second kappa shape index (κ2) is 6.54. The summed E-state index contributed by atoms with van der Waals surface area (Å²) in [5.41, 5.74) is 2.40. The van der Waals surface area contributed by atoms with Crippen molar-refractivity contribution in [2.75, 3.05) is 5.32 Å². The molecule has 0 atom stereocenters. The number of ketones is 1. The zero-order valence-electron chi connectivity index (χ0n) is 11.7. The van der Waals surface area contributed by atoms with Crippen LogP contribution in [0.2, 0.25) is 0 Å². The maximum atomic E-state index is 12.1. The maximum absolute atomic E-state index is 12.1. The van der Waals surface area contributed by atoms with Crippen molar-refractivity contribution in [2.45, 2.75) is 0 Å². The van der Waals surface area contributed by atoms with Crippen molar-refractivity contribution in [2.24, 2.45) is 0 Å². The highest BCUT2D eigenvalue weighted by atomic mass is 79.9. The van der Waals surface area contributed by atoms with Gasteiger partial charge in [-0.15, -0.1) is 0 Å². The van der Waals surface area contributed by atoms with E-state index in [9.17, 15) is 4.79 Å². The van der Waals surface area contributed by atoms with Gasteiger partial charge in [0.1, 0.15) is 0 Å². The van der Waals surface area contributed by atoms with E-state index in [4.69, 9.17) is 0 Å². The number of anilines is 1. The van der Waals surface area contributed by atoms with Gasteiger partial charge in [-0.2, -0.15) is 0 Å². The monoisotopic (exact) mass is 352 g/mol. The van der Waals surface area contributed by atoms with E-state index < -0.39 is 0 Å². The standard InChI is InChI=1S/C18H13BrN2O/c19-15-8-6-13(7-9-15)17(22)10-12-20-16-5-1-3-14-4-2-11-21-18(14)16/h1-12,20H. The Morgan fingerprint density at radius 1 is 1.05 bits per heavy atom. The predicted molar refractivity (Wildman–Crippen MR) is 93.0 cm³/mol. The number of benzene rings is 2. The Balaban J connectivity index is 1.76. The number of halogens is 1. The summed E-state index contributed by atoms with van der Waals surface area (Å²) >= 11 is 3.35. The number of fused-ring (bicyclic) bond motifs is 1. The lowest BCUT2D eigenvalue weighted by Crippen LogP contribution is -1.96. The number of hydrogen-bond acceptors (Lipinski definition) is 3. The Morgan fingerprint density at radius 3 is 2.64 bits per heavy atom. The molecule has 0 radical (unpaired) electrons. The summed E-state index contributed by atoms with van der Waals surface area (Å²) in [5.74, 6) is -0.0480. The van der Waals surface area contributed by atoms with Crippen molar-refractivity contribution in [3.63, 3.8) is 0 Å². The van der Waals surface area contributed by atoms with Gasteiger partial charge < -0.3 is 5.32 Å². The quantitative estimate of drug-likeness (QED) is 0.541. The van der Waals surface area contributed by atoms with Crippen molar-refractivity contribution in [1.82, 2.24) is 4.98 Å². The number of aromatic nitrogens is 1. The molecule has 0 unspecified atom stereocenters. The first-order valence-corrected chi connectivity index (χ1v) is 7.60. The van der Waals surface area contributed by atoms with Gasteiger partial charge in [-0.1, -0.05) is 34.1 Å². The molecule has 22 heavy (non-hydrogen) atoms. The number of nitrogens with one attached hydrogen (secondary N) is 1. The topological polar surface area (TPSA) is 42.0 Å². The van der Waals surface area contributed by atoms with Crippen LogP contribution in [-0.2, 0) is 0 Å². The van der Waals surface area contributed by atoms with Gasteiger partial charge in [0.15, 0.2) is 5.78 Å². The minimum Gasteiger partial charge on any atom is -0.360 e. The largest absolute Gasteiger partial charge is 0.360 e. The lowest BCUT2D eigenvalue weighted by Gasteiger charge is -2.04. The molecule has 4 heteroatoms. The number of para-hydroxylation sites is 1. The van der Waals surface area contributed by atoms with Crippen molar-refractivity contribution in [3.8, 4) is 0 Å². The molecule has 1 aromatic heterocycles. The highest BCUT2D eigenvalue weighted by Crippen LogP contribution is 2.20. The summed E-state index contributed by atoms with van der Waals surface area (Å²) in [6.07, 6.45) is 4.92. The summed E-state index contributed by atoms with van der Waals surface area (Å²) in [6.45, 7) is 0. The second-order valence-electron chi connectivity index (χ2n) is 4.73. The molecule has 0 aliphatic heterocycles. The van der Waals surface area contributed by atoms with Gasteiger partial charge in [-0.25, -0.2) is 0 Å². The van der Waals surface area contributed by atoms with Gasteiger partial charge in [0.2, 0.25) is 0 Å². The Kier molecular flexibility index (Phi) is 4.30. The van der Waals surface area contributed by atoms with E-state index in [0.717, 1.165) is 21.1 Å². The number of carbonyl (C=O) groups excluding carboxylic acids is 1. The summed E-state index contributed by atoms with van der Waals surface area (Å²) in [6, 6.07) is 17.1. The van der Waals surface area contributed by atoms with Crippen molar-refractivity contribution in [3.05, 3.63) is 83.1 Å². The molecule has 0 amide bonds. The molecule has 3 aromatic rings. The Morgan fingerprint density at radius 2 is 1.82 bits per heavy atom. The minimum atomic E-state index is -0.0480. The summed E-state index contributed by atoms with van der Waals surface area (Å²) in [4.78, 5) is 16.4. The van der Waals surface area contributed by atoms with E-state index in [-0.39, 0.29) is 5.78 Å². The predicted octanol–water partition coefficient (Wildman–Crippen LogP) is 4.81. The third-order valence-corrected chi connectivity index (χ3v) is 3.76. The van der Waals surface area contributed by atoms with Crippen LogP contribution in [0.1, 0.15) is 10.4 Å². The number of rotatable bonds is 4. The van der Waals surface area contributed by atoms with Crippen LogP contribution in [0.25, 0.3) is 10.9 Å². The van der Waals surface area contributed by atoms with Crippen LogP contribution in [0.4, 0.5) is 5.69 Å². The molecule has 0 bridgehead atoms. The normalized spacial score (nSPS) is 11.0. The Hall–Kier alpha value is -2.46. The van der Waals surface area contributed by atoms with E-state index >= 15 is 0 Å². The second-order valence-corrected chi connectivity index (χ2v) is 5.65. The SMILES string of the molecule is O=C(C=CNc1cccc2cccnc12)c1ccc(Br)cc1. The number of allylic oxidation sites excluding steroid dienone is 1. The molecular formula is C18H13BrN2O. The lowest BCUT2D eigenvalue weighted by atomic mass is 10.1. The molecule has 1 N–H and O–H groups in total. The molecule has 108 valence electrons. The van der Waals surface area contributed by atoms with Crippen molar-refractivity contribution >= 4 is 38.3 Å². The van der Waals surface area contributed by atoms with E-state index in [1.54, 1.807) is 24.5 Å². The third kappa shape index (κ3) is 3.23. The first-order valence-electron chi connectivity index (χ1n) is 6.81. The van der Waals surface area contributed by atoms with Gasteiger partial charge in [0.05, 0.1) is 11.2 Å². The first kappa shape index (κ1) is 14.5. The van der Waals surface area contributed by atoms with Crippen LogP contribution < -0.4 is 5.32 Å². The third-order valence-electron chi connectivity index (χ3n) is 3.24. The molecule has 2 aromatic carbocycles. The average Bonchev–Trinajstić information content (AvgIpc) is 2.55. The molecule has 1 heterocycles. The number of hydrogen-bond donors (Lipinski definition) is 1. The highest BCUT2D eigenvalue weighted by Gasteiger charge is 2.02. The van der Waals surface area contributed by atoms with Gasteiger partial charge >= 0.3 is 0 Å². The van der Waals surface area contributed by atoms with E-state index in [1.807, 2.05) is 42.5 Å². The van der Waals surface area contributed by atoms with Crippen LogP contribution in [0, 0.1) is 0 Å². The molecular weight excluding hydrogens is 340 g/mol. The molecule has 0 aliphatic rings. The summed E-state index contributed by atoms with van der Waals surface area (Å²) in [7, 11) is 0. The zero-order valence-corrected chi connectivity index (χ0v) is 13.2. The van der Waals surface area contributed by atoms with E-state index in [2.05, 4.69) is 26.2 Å². The van der Waals surface area contributed by atoms with Crippen LogP contribution in [-0.4, -0.2) is 10.8 Å². The molecule has 0 spiro atoms. The molecule has 0 saturated carbocycles. The number of nitrogens with zero attached hydrogens (tertiary/aromatic N) is 1. The Bertz CT molecular complexity index is 836. The highest BCUT2D eigenvalue weighted by molar-refractivity contribution is 9.10. The summed E-state index contributed by atoms with van der Waals surface area (Å²) in [5, 5.41) is 4.18. The molecule has 0 aliphatic carbocycles. The van der Waals surface area contributed by atoms with Crippen LogP contribution >= 0.6 is 15.9 Å². The van der Waals surface area contributed by atoms with Crippen LogP contribution in [0.3, 0.4) is 0 Å². The van der Waals surface area contributed by atoms with Crippen LogP contribution in [0.15, 0.2) is 77.5 Å². The fourth-order valence-corrected chi connectivity index (χ4v) is 2.40. The Labute approximate surface area is 136 Å². The fourth-order valence-electron chi connectivity index (χ4n) is 2.14. The molecule has 0 fully saturated rings. The lowest BCUT2D eigenvalue weighted by molar-refractivity contribution is 0.104. The maximum Gasteiger partial charge on any atom is 0.187 e. The minimum absolute atomic E-state index is 0.0480. The van der Waals surface area contributed by atoms with E-state index in [1.165, 1.54) is 6.08 Å². The van der Waals surface area contributed by atoms with Gasteiger partial charge in [-0.05, 0) is 36.4 Å². The molecule has 3 rings (SSSR count). The molecule has 0 saturated heterocycles. The average molecular weight is 353 g/mol. The fraction of sp³-hybridized carbons (Fsp3) is 0. The summed E-state index contributed by atoms with van der Waals surface area (Å²) < 4.78 is 0.952. The van der Waals surface area contributed by atoms with Gasteiger partial charge in [0, 0.05) is 33.9 Å². The van der Waals surface area contributed by atoms with Gasteiger partial charge in [0.25, 0.3) is 0 Å². The number of carbonyl (C=O) groups is 1. The van der Waals surface area contributed by atoms with E-state index in [0.29, 0.717) is 5.56 Å². The smallest absolute Gasteiger partial charge is 0.187 e. The van der Waals surface area contributed by atoms with Crippen LogP contribution in [0.5, 0.6) is 0 Å². The van der Waals surface area contributed by atoms with Gasteiger partial charge in [-0.3, -0.25) is 9.78 Å². The zero-order chi connectivity index (χ0) is 15.4. The molecule has 3 nitrogen and oxygen atoms in total. The first-order chi connectivity index (χ1) is 10.7. The van der Waals surface area contributed by atoms with Crippen molar-refractivity contribution in [1.29, 1.82) is 0 Å². The van der Waals surface area contributed by atoms with Crippen molar-refractivity contribution < 1.29 is 4.79 Å².